The minimum Gasteiger partial charge on any atom is -0.382 e. The van der Waals surface area contributed by atoms with Crippen LogP contribution in [0.1, 0.15) is 29.0 Å². The quantitative estimate of drug-likeness (QED) is 0.278. The highest BCUT2D eigenvalue weighted by molar-refractivity contribution is 6.30. The molecule has 1 fully saturated rings. The summed E-state index contributed by atoms with van der Waals surface area (Å²) in [5.41, 5.74) is 0.0753. The first kappa shape index (κ1) is 30.0. The first-order valence-corrected chi connectivity index (χ1v) is 13.6. The van der Waals surface area contributed by atoms with Gasteiger partial charge in [0.15, 0.2) is 17.8 Å². The molecule has 2 aromatic carbocycles. The van der Waals surface area contributed by atoms with E-state index in [1.807, 2.05) is 0 Å². The number of nitrogens with zero attached hydrogens (tertiary/aromatic N) is 7. The Morgan fingerprint density at radius 1 is 1.09 bits per heavy atom. The molecule has 0 spiro atoms. The zero-order valence-corrected chi connectivity index (χ0v) is 23.3. The van der Waals surface area contributed by atoms with Gasteiger partial charge in [-0.15, -0.1) is 10.2 Å². The largest absolute Gasteiger partial charge is 0.416 e. The van der Waals surface area contributed by atoms with Crippen LogP contribution < -0.4 is 11.0 Å². The molecule has 1 aliphatic rings. The summed E-state index contributed by atoms with van der Waals surface area (Å²) in [6.45, 7) is -0.0412. The number of aromatic nitrogens is 6. The Morgan fingerprint density at radius 2 is 1.84 bits per heavy atom. The highest BCUT2D eigenvalue weighted by Crippen LogP contribution is 2.24. The van der Waals surface area contributed by atoms with Crippen molar-refractivity contribution in [3.05, 3.63) is 81.8 Å². The lowest BCUT2D eigenvalue weighted by Crippen LogP contribution is -2.37. The molecule has 2 aromatic heterocycles. The molecule has 226 valence electrons. The highest BCUT2D eigenvalue weighted by Gasteiger charge is 2.39. The smallest absolute Gasteiger partial charge is 0.382 e. The third-order valence-electron chi connectivity index (χ3n) is 6.82. The first-order chi connectivity index (χ1) is 20.5. The van der Waals surface area contributed by atoms with Crippen molar-refractivity contribution in [2.24, 2.45) is 0 Å². The van der Waals surface area contributed by atoms with Gasteiger partial charge in [0, 0.05) is 36.6 Å². The van der Waals surface area contributed by atoms with Gasteiger partial charge in [-0.1, -0.05) is 23.7 Å². The van der Waals surface area contributed by atoms with E-state index in [4.69, 9.17) is 11.6 Å². The molecule has 2 N–H and O–H groups in total. The van der Waals surface area contributed by atoms with Crippen LogP contribution in [-0.4, -0.2) is 82.8 Å². The zero-order chi connectivity index (χ0) is 30.7. The van der Waals surface area contributed by atoms with Crippen LogP contribution in [0.5, 0.6) is 0 Å². The van der Waals surface area contributed by atoms with E-state index in [-0.39, 0.29) is 36.6 Å². The number of rotatable bonds is 10. The summed E-state index contributed by atoms with van der Waals surface area (Å²) < 4.78 is 42.4. The Bertz CT molecular complexity index is 1680. The van der Waals surface area contributed by atoms with Gasteiger partial charge in [0.05, 0.1) is 17.8 Å². The number of aliphatic hydroxyl groups excluding tert-OH is 1. The van der Waals surface area contributed by atoms with Gasteiger partial charge >= 0.3 is 11.9 Å². The van der Waals surface area contributed by atoms with Crippen LogP contribution in [-0.2, 0) is 17.9 Å². The van der Waals surface area contributed by atoms with E-state index in [0.29, 0.717) is 41.3 Å². The van der Waals surface area contributed by atoms with Crippen LogP contribution in [0, 0.1) is 0 Å². The number of alkyl halides is 3. The standard InChI is InChI=1S/C27H26ClF3N8O4/c28-18-9-7-17(8-10-18)24-35-38(26(43)37(24)14-21(40)27(29,30)31)15-22-33-16-39(34-22)20-5-2-1-4-19(20)25(42)32-11-13-36-12-3-6-23(36)41/h1-2,4-5,7-10,16,21,40H,3,6,11-15H2,(H,32,42). The molecule has 5 rings (SSSR count). The van der Waals surface area contributed by atoms with E-state index in [0.717, 1.165) is 15.7 Å². The van der Waals surface area contributed by atoms with E-state index < -0.39 is 24.5 Å². The molecule has 43 heavy (non-hydrogen) atoms. The predicted octanol–water partition coefficient (Wildman–Crippen LogP) is 2.27. The lowest BCUT2D eigenvalue weighted by Gasteiger charge is -2.16. The predicted molar refractivity (Wildman–Crippen MR) is 148 cm³/mol. The lowest BCUT2D eigenvalue weighted by molar-refractivity contribution is -0.207. The van der Waals surface area contributed by atoms with Gasteiger partial charge in [0.25, 0.3) is 5.91 Å². The number of nitrogens with one attached hydrogen (secondary N) is 1. The number of likely N-dealkylation sites (tertiary alicyclic amines) is 1. The molecule has 1 aliphatic heterocycles. The van der Waals surface area contributed by atoms with Gasteiger partial charge in [-0.3, -0.25) is 14.2 Å². The van der Waals surface area contributed by atoms with E-state index in [2.05, 4.69) is 20.5 Å². The second-order valence-electron chi connectivity index (χ2n) is 9.80. The number of amides is 2. The average Bonchev–Trinajstić information content (AvgIpc) is 3.69. The highest BCUT2D eigenvalue weighted by atomic mass is 35.5. The van der Waals surface area contributed by atoms with Crippen LogP contribution in [0.15, 0.2) is 59.7 Å². The fraction of sp³-hybridized carbons (Fsp3) is 0.333. The van der Waals surface area contributed by atoms with Crippen LogP contribution in [0.3, 0.4) is 0 Å². The van der Waals surface area contributed by atoms with Crippen molar-refractivity contribution >= 4 is 23.4 Å². The maximum atomic E-state index is 13.2. The van der Waals surface area contributed by atoms with E-state index in [1.165, 1.54) is 35.3 Å². The number of hydrogen-bond donors (Lipinski definition) is 2. The van der Waals surface area contributed by atoms with Crippen molar-refractivity contribution in [3.63, 3.8) is 0 Å². The van der Waals surface area contributed by atoms with Crippen molar-refractivity contribution in [1.29, 1.82) is 0 Å². The molecule has 0 radical (unpaired) electrons. The van der Waals surface area contributed by atoms with E-state index >= 15 is 0 Å². The van der Waals surface area contributed by atoms with Gasteiger partial charge in [0.2, 0.25) is 5.91 Å². The molecule has 0 bridgehead atoms. The molecular formula is C27H26ClF3N8O4. The summed E-state index contributed by atoms with van der Waals surface area (Å²) in [5.74, 6) is -0.341. The number of aliphatic hydroxyl groups is 1. The molecule has 1 atom stereocenters. The summed E-state index contributed by atoms with van der Waals surface area (Å²) in [4.78, 5) is 43.8. The van der Waals surface area contributed by atoms with Crippen molar-refractivity contribution in [3.8, 4) is 17.1 Å². The molecule has 1 saturated heterocycles. The minimum atomic E-state index is -4.95. The topological polar surface area (TPSA) is 140 Å². The van der Waals surface area contributed by atoms with Crippen molar-refractivity contribution < 1.29 is 27.9 Å². The van der Waals surface area contributed by atoms with Crippen molar-refractivity contribution in [2.45, 2.75) is 38.2 Å². The second kappa shape index (κ2) is 12.4. The van der Waals surface area contributed by atoms with Crippen LogP contribution >= 0.6 is 11.6 Å². The molecule has 12 nitrogen and oxygen atoms in total. The van der Waals surface area contributed by atoms with Gasteiger partial charge in [-0.05, 0) is 42.8 Å². The number of para-hydroxylation sites is 1. The minimum absolute atomic E-state index is 0.0607. The van der Waals surface area contributed by atoms with Gasteiger partial charge in [-0.25, -0.2) is 19.1 Å². The molecule has 1 unspecified atom stereocenters. The number of hydrogen-bond acceptors (Lipinski definition) is 7. The summed E-state index contributed by atoms with van der Waals surface area (Å²) in [7, 11) is 0. The number of benzene rings is 2. The zero-order valence-electron chi connectivity index (χ0n) is 22.5. The summed E-state index contributed by atoms with van der Waals surface area (Å²) in [6.07, 6.45) is -5.11. The molecule has 0 aliphatic carbocycles. The van der Waals surface area contributed by atoms with Crippen LogP contribution in [0.2, 0.25) is 5.02 Å². The monoisotopic (exact) mass is 618 g/mol. The Morgan fingerprint density at radius 3 is 2.53 bits per heavy atom. The summed E-state index contributed by atoms with van der Waals surface area (Å²) in [6, 6.07) is 12.6. The SMILES string of the molecule is O=C(NCCN1CCCC1=O)c1ccccc1-n1cnc(Cn2nc(-c3ccc(Cl)cc3)n(CC(O)C(F)(F)F)c2=O)n1. The van der Waals surface area contributed by atoms with Crippen molar-refractivity contribution in [1.82, 2.24) is 39.3 Å². The van der Waals surface area contributed by atoms with E-state index in [9.17, 15) is 32.7 Å². The fourth-order valence-electron chi connectivity index (χ4n) is 4.62. The maximum absolute atomic E-state index is 13.2. The number of carbonyl (C=O) groups excluding carboxylic acids is 2. The Kier molecular flexibility index (Phi) is 8.64. The Hall–Kier alpha value is -4.50. The van der Waals surface area contributed by atoms with Gasteiger partial charge < -0.3 is 15.3 Å². The molecular weight excluding hydrogens is 593 g/mol. The third kappa shape index (κ3) is 6.78. The summed E-state index contributed by atoms with van der Waals surface area (Å²) >= 11 is 5.93. The van der Waals surface area contributed by atoms with Crippen LogP contribution in [0.25, 0.3) is 17.1 Å². The van der Waals surface area contributed by atoms with Crippen LogP contribution in [0.4, 0.5) is 13.2 Å². The lowest BCUT2D eigenvalue weighted by atomic mass is 10.1. The number of carbonyl (C=O) groups is 2. The van der Waals surface area contributed by atoms with E-state index in [1.54, 1.807) is 29.2 Å². The average molecular weight is 619 g/mol. The summed E-state index contributed by atoms with van der Waals surface area (Å²) in [5, 5.41) is 21.4. The Balaban J connectivity index is 1.37. The number of halogens is 4. The Labute approximate surface area is 247 Å². The molecule has 4 aromatic rings. The maximum Gasteiger partial charge on any atom is 0.416 e. The normalized spacial score (nSPS) is 14.3. The molecule has 0 saturated carbocycles. The molecule has 3 heterocycles. The third-order valence-corrected chi connectivity index (χ3v) is 7.08. The first-order valence-electron chi connectivity index (χ1n) is 13.3. The molecule has 16 heteroatoms. The fourth-order valence-corrected chi connectivity index (χ4v) is 4.75. The van der Waals surface area contributed by atoms with Crippen molar-refractivity contribution in [2.75, 3.05) is 19.6 Å². The molecule has 2 amide bonds. The van der Waals surface area contributed by atoms with Gasteiger partial charge in [-0.2, -0.15) is 13.2 Å². The second-order valence-corrected chi connectivity index (χ2v) is 10.2. The van der Waals surface area contributed by atoms with Gasteiger partial charge in [0.1, 0.15) is 12.9 Å².